The standard InChI is InChI=1S/C15H22FNO2/c1-2-7-18-14-9-15(13(17)8-12(14)16)19-10-11-5-3-4-6-11/h8-9,11H,2-7,10,17H2,1H3. The highest BCUT2D eigenvalue weighted by molar-refractivity contribution is 5.56. The minimum atomic E-state index is -0.431. The topological polar surface area (TPSA) is 44.5 Å². The maximum Gasteiger partial charge on any atom is 0.167 e. The van der Waals surface area contributed by atoms with E-state index in [0.29, 0.717) is 30.6 Å². The summed E-state index contributed by atoms with van der Waals surface area (Å²) in [4.78, 5) is 0. The average molecular weight is 267 g/mol. The van der Waals surface area contributed by atoms with E-state index in [1.807, 2.05) is 6.92 Å². The zero-order valence-corrected chi connectivity index (χ0v) is 11.5. The van der Waals surface area contributed by atoms with E-state index in [1.165, 1.54) is 31.7 Å². The van der Waals surface area contributed by atoms with Crippen molar-refractivity contribution in [3.63, 3.8) is 0 Å². The van der Waals surface area contributed by atoms with Crippen LogP contribution >= 0.6 is 0 Å². The quantitative estimate of drug-likeness (QED) is 0.798. The van der Waals surface area contributed by atoms with Gasteiger partial charge in [-0.3, -0.25) is 0 Å². The maximum atomic E-state index is 13.6. The summed E-state index contributed by atoms with van der Waals surface area (Å²) >= 11 is 0. The van der Waals surface area contributed by atoms with Crippen LogP contribution in [-0.2, 0) is 0 Å². The summed E-state index contributed by atoms with van der Waals surface area (Å²) in [6.45, 7) is 3.12. The van der Waals surface area contributed by atoms with Crippen LogP contribution in [0.5, 0.6) is 11.5 Å². The van der Waals surface area contributed by atoms with E-state index in [0.717, 1.165) is 6.42 Å². The number of ether oxygens (including phenoxy) is 2. The van der Waals surface area contributed by atoms with Crippen LogP contribution in [0.1, 0.15) is 39.0 Å². The predicted octanol–water partition coefficient (Wildman–Crippen LogP) is 3.77. The number of hydrogen-bond acceptors (Lipinski definition) is 3. The molecule has 0 saturated heterocycles. The number of halogens is 1. The van der Waals surface area contributed by atoms with Crippen molar-refractivity contribution < 1.29 is 13.9 Å². The van der Waals surface area contributed by atoms with Gasteiger partial charge in [-0.2, -0.15) is 0 Å². The van der Waals surface area contributed by atoms with Gasteiger partial charge in [-0.1, -0.05) is 19.8 Å². The van der Waals surface area contributed by atoms with Crippen LogP contribution in [0.2, 0.25) is 0 Å². The number of nitrogen functional groups attached to an aromatic ring is 1. The lowest BCUT2D eigenvalue weighted by molar-refractivity contribution is 0.249. The van der Waals surface area contributed by atoms with Gasteiger partial charge in [0, 0.05) is 12.1 Å². The first-order valence-electron chi connectivity index (χ1n) is 7.05. The van der Waals surface area contributed by atoms with Crippen molar-refractivity contribution in [1.82, 2.24) is 0 Å². The second kappa shape index (κ2) is 6.64. The van der Waals surface area contributed by atoms with Crippen LogP contribution in [0.15, 0.2) is 12.1 Å². The highest BCUT2D eigenvalue weighted by Gasteiger charge is 2.17. The van der Waals surface area contributed by atoms with E-state index in [2.05, 4.69) is 0 Å². The van der Waals surface area contributed by atoms with Gasteiger partial charge in [0.05, 0.1) is 18.9 Å². The SMILES string of the molecule is CCCOc1cc(OCC2CCCC2)c(N)cc1F. The van der Waals surface area contributed by atoms with Crippen LogP contribution < -0.4 is 15.2 Å². The second-order valence-corrected chi connectivity index (χ2v) is 5.13. The Morgan fingerprint density at radius 3 is 2.63 bits per heavy atom. The largest absolute Gasteiger partial charge is 0.491 e. The summed E-state index contributed by atoms with van der Waals surface area (Å²) in [5, 5.41) is 0. The molecule has 1 aliphatic carbocycles. The van der Waals surface area contributed by atoms with Crippen molar-refractivity contribution >= 4 is 5.69 Å². The van der Waals surface area contributed by atoms with E-state index in [-0.39, 0.29) is 5.75 Å². The van der Waals surface area contributed by atoms with Crippen molar-refractivity contribution in [1.29, 1.82) is 0 Å². The lowest BCUT2D eigenvalue weighted by Crippen LogP contribution is -2.10. The Morgan fingerprint density at radius 1 is 1.21 bits per heavy atom. The summed E-state index contributed by atoms with van der Waals surface area (Å²) in [6.07, 6.45) is 5.80. The Kier molecular flexibility index (Phi) is 4.88. The lowest BCUT2D eigenvalue weighted by atomic mass is 10.1. The van der Waals surface area contributed by atoms with E-state index in [4.69, 9.17) is 15.2 Å². The Hall–Kier alpha value is -1.45. The van der Waals surface area contributed by atoms with Crippen molar-refractivity contribution in [3.05, 3.63) is 17.9 Å². The van der Waals surface area contributed by atoms with Gasteiger partial charge in [-0.15, -0.1) is 0 Å². The molecular weight excluding hydrogens is 245 g/mol. The molecule has 0 atom stereocenters. The summed E-state index contributed by atoms with van der Waals surface area (Å²) in [7, 11) is 0. The number of rotatable bonds is 6. The Labute approximate surface area is 113 Å². The predicted molar refractivity (Wildman–Crippen MR) is 74.1 cm³/mol. The molecule has 1 aromatic rings. The van der Waals surface area contributed by atoms with Gasteiger partial charge in [0.1, 0.15) is 5.75 Å². The fraction of sp³-hybridized carbons (Fsp3) is 0.600. The zero-order chi connectivity index (χ0) is 13.7. The minimum Gasteiger partial charge on any atom is -0.491 e. The number of hydrogen-bond donors (Lipinski definition) is 1. The average Bonchev–Trinajstić information content (AvgIpc) is 2.90. The molecule has 106 valence electrons. The minimum absolute atomic E-state index is 0.220. The molecule has 0 amide bonds. The number of benzene rings is 1. The summed E-state index contributed by atoms with van der Waals surface area (Å²) in [5.41, 5.74) is 6.12. The third-order valence-corrected chi connectivity index (χ3v) is 3.48. The summed E-state index contributed by atoms with van der Waals surface area (Å²) in [5.74, 6) is 0.917. The van der Waals surface area contributed by atoms with Gasteiger partial charge in [-0.25, -0.2) is 4.39 Å². The molecule has 2 N–H and O–H groups in total. The Bertz CT molecular complexity index is 417. The van der Waals surface area contributed by atoms with Crippen LogP contribution in [0.4, 0.5) is 10.1 Å². The molecule has 4 heteroatoms. The molecule has 0 aromatic heterocycles. The van der Waals surface area contributed by atoms with Gasteiger partial charge in [0.25, 0.3) is 0 Å². The summed E-state index contributed by atoms with van der Waals surface area (Å²) in [6, 6.07) is 2.84. The van der Waals surface area contributed by atoms with Crippen molar-refractivity contribution in [2.45, 2.75) is 39.0 Å². The first-order chi connectivity index (χ1) is 9.20. The van der Waals surface area contributed by atoms with Gasteiger partial charge in [0.2, 0.25) is 0 Å². The van der Waals surface area contributed by atoms with Gasteiger partial charge in [-0.05, 0) is 25.2 Å². The molecular formula is C15H22FNO2. The van der Waals surface area contributed by atoms with Crippen LogP contribution in [0, 0.1) is 11.7 Å². The molecule has 1 aliphatic rings. The van der Waals surface area contributed by atoms with Crippen LogP contribution in [-0.4, -0.2) is 13.2 Å². The third kappa shape index (κ3) is 3.75. The van der Waals surface area contributed by atoms with Crippen molar-refractivity contribution in [2.75, 3.05) is 18.9 Å². The molecule has 1 saturated carbocycles. The highest BCUT2D eigenvalue weighted by atomic mass is 19.1. The van der Waals surface area contributed by atoms with E-state index in [9.17, 15) is 4.39 Å². The fourth-order valence-electron chi connectivity index (χ4n) is 2.38. The lowest BCUT2D eigenvalue weighted by Gasteiger charge is -2.15. The molecule has 0 radical (unpaired) electrons. The van der Waals surface area contributed by atoms with Crippen molar-refractivity contribution in [3.8, 4) is 11.5 Å². The first kappa shape index (κ1) is 14.0. The molecule has 3 nitrogen and oxygen atoms in total. The summed E-state index contributed by atoms with van der Waals surface area (Å²) < 4.78 is 24.7. The number of anilines is 1. The second-order valence-electron chi connectivity index (χ2n) is 5.13. The highest BCUT2D eigenvalue weighted by Crippen LogP contribution is 2.32. The van der Waals surface area contributed by atoms with Gasteiger partial charge < -0.3 is 15.2 Å². The van der Waals surface area contributed by atoms with E-state index >= 15 is 0 Å². The number of nitrogens with two attached hydrogens (primary N) is 1. The van der Waals surface area contributed by atoms with Gasteiger partial charge in [0.15, 0.2) is 11.6 Å². The fourth-order valence-corrected chi connectivity index (χ4v) is 2.38. The molecule has 0 heterocycles. The van der Waals surface area contributed by atoms with Crippen LogP contribution in [0.3, 0.4) is 0 Å². The normalized spacial score (nSPS) is 15.7. The molecule has 2 rings (SSSR count). The molecule has 0 unspecified atom stereocenters. The maximum absolute atomic E-state index is 13.6. The van der Waals surface area contributed by atoms with Crippen molar-refractivity contribution in [2.24, 2.45) is 5.92 Å². The smallest absolute Gasteiger partial charge is 0.167 e. The Balaban J connectivity index is 2.01. The molecule has 0 spiro atoms. The molecule has 1 aromatic carbocycles. The molecule has 0 bridgehead atoms. The monoisotopic (exact) mass is 267 g/mol. The first-order valence-corrected chi connectivity index (χ1v) is 7.05. The van der Waals surface area contributed by atoms with Crippen LogP contribution in [0.25, 0.3) is 0 Å². The third-order valence-electron chi connectivity index (χ3n) is 3.48. The van der Waals surface area contributed by atoms with E-state index in [1.54, 1.807) is 6.07 Å². The Morgan fingerprint density at radius 2 is 1.95 bits per heavy atom. The molecule has 1 fully saturated rings. The van der Waals surface area contributed by atoms with Gasteiger partial charge >= 0.3 is 0 Å². The molecule has 0 aliphatic heterocycles. The zero-order valence-electron chi connectivity index (χ0n) is 11.5. The van der Waals surface area contributed by atoms with E-state index < -0.39 is 5.82 Å². The molecule has 19 heavy (non-hydrogen) atoms.